The minimum atomic E-state index is -0.639. The first-order valence-electron chi connectivity index (χ1n) is 8.20. The SMILES string of the molecule is CCOC(=O)C(N)Cc1cc(C)c(OCc2ccccc2)c(C)c1. The van der Waals surface area contributed by atoms with Gasteiger partial charge < -0.3 is 15.2 Å². The molecule has 0 saturated heterocycles. The van der Waals surface area contributed by atoms with E-state index in [1.165, 1.54) is 0 Å². The quantitative estimate of drug-likeness (QED) is 0.793. The molecule has 0 heterocycles. The van der Waals surface area contributed by atoms with Gasteiger partial charge in [0.25, 0.3) is 0 Å². The maximum atomic E-state index is 11.7. The number of hydrogen-bond acceptors (Lipinski definition) is 4. The lowest BCUT2D eigenvalue weighted by Crippen LogP contribution is -2.34. The summed E-state index contributed by atoms with van der Waals surface area (Å²) in [6.07, 6.45) is 0.458. The molecule has 0 spiro atoms. The second-order valence-corrected chi connectivity index (χ2v) is 5.90. The van der Waals surface area contributed by atoms with Crippen molar-refractivity contribution in [1.29, 1.82) is 0 Å². The zero-order chi connectivity index (χ0) is 17.5. The predicted octanol–water partition coefficient (Wildman–Crippen LogP) is 3.32. The van der Waals surface area contributed by atoms with Crippen LogP contribution in [0.15, 0.2) is 42.5 Å². The fraction of sp³-hybridized carbons (Fsp3) is 0.350. The summed E-state index contributed by atoms with van der Waals surface area (Å²) in [7, 11) is 0. The van der Waals surface area contributed by atoms with Crippen LogP contribution in [0, 0.1) is 13.8 Å². The third kappa shape index (κ3) is 4.83. The Morgan fingerprint density at radius 2 is 1.71 bits per heavy atom. The van der Waals surface area contributed by atoms with Crippen LogP contribution in [0.2, 0.25) is 0 Å². The fourth-order valence-electron chi connectivity index (χ4n) is 2.70. The van der Waals surface area contributed by atoms with Gasteiger partial charge in [0, 0.05) is 0 Å². The highest BCUT2D eigenvalue weighted by atomic mass is 16.5. The van der Waals surface area contributed by atoms with E-state index in [0.717, 1.165) is 28.0 Å². The van der Waals surface area contributed by atoms with Crippen molar-refractivity contribution < 1.29 is 14.3 Å². The molecule has 0 saturated carbocycles. The molecule has 0 fully saturated rings. The monoisotopic (exact) mass is 327 g/mol. The molecule has 4 heteroatoms. The van der Waals surface area contributed by atoms with Crippen molar-refractivity contribution in [2.75, 3.05) is 6.61 Å². The van der Waals surface area contributed by atoms with Crippen molar-refractivity contribution in [2.45, 2.75) is 39.8 Å². The van der Waals surface area contributed by atoms with E-state index in [-0.39, 0.29) is 5.97 Å². The highest BCUT2D eigenvalue weighted by Crippen LogP contribution is 2.26. The highest BCUT2D eigenvalue weighted by Gasteiger charge is 2.16. The van der Waals surface area contributed by atoms with E-state index in [1.54, 1.807) is 6.92 Å². The topological polar surface area (TPSA) is 61.5 Å². The second-order valence-electron chi connectivity index (χ2n) is 5.90. The van der Waals surface area contributed by atoms with Crippen molar-refractivity contribution in [1.82, 2.24) is 0 Å². The van der Waals surface area contributed by atoms with Crippen LogP contribution in [-0.4, -0.2) is 18.6 Å². The molecule has 0 amide bonds. The number of aryl methyl sites for hydroxylation is 2. The van der Waals surface area contributed by atoms with Crippen LogP contribution < -0.4 is 10.5 Å². The first kappa shape index (κ1) is 18.0. The molecule has 0 aliphatic carbocycles. The summed E-state index contributed by atoms with van der Waals surface area (Å²) < 4.78 is 10.9. The van der Waals surface area contributed by atoms with Gasteiger partial charge in [0.05, 0.1) is 6.61 Å². The number of rotatable bonds is 7. The second kappa shape index (κ2) is 8.50. The van der Waals surface area contributed by atoms with Crippen LogP contribution >= 0.6 is 0 Å². The minimum absolute atomic E-state index is 0.344. The maximum Gasteiger partial charge on any atom is 0.323 e. The fourth-order valence-corrected chi connectivity index (χ4v) is 2.70. The average Bonchev–Trinajstić information content (AvgIpc) is 2.55. The van der Waals surface area contributed by atoms with Gasteiger partial charge >= 0.3 is 5.97 Å². The normalized spacial score (nSPS) is 11.8. The molecule has 0 aliphatic rings. The van der Waals surface area contributed by atoms with Crippen LogP contribution in [-0.2, 0) is 22.6 Å². The molecule has 128 valence electrons. The van der Waals surface area contributed by atoms with Gasteiger partial charge in [-0.25, -0.2) is 0 Å². The number of esters is 1. The molecule has 0 aromatic heterocycles. The van der Waals surface area contributed by atoms with Crippen molar-refractivity contribution in [3.05, 3.63) is 64.7 Å². The van der Waals surface area contributed by atoms with E-state index < -0.39 is 6.04 Å². The Hall–Kier alpha value is -2.33. The van der Waals surface area contributed by atoms with E-state index in [2.05, 4.69) is 0 Å². The molecule has 0 aliphatic heterocycles. The van der Waals surface area contributed by atoms with Crippen molar-refractivity contribution >= 4 is 5.97 Å². The van der Waals surface area contributed by atoms with Gasteiger partial charge in [-0.2, -0.15) is 0 Å². The lowest BCUT2D eigenvalue weighted by Gasteiger charge is -2.16. The molecule has 2 N–H and O–H groups in total. The molecule has 1 atom stereocenters. The number of nitrogens with two attached hydrogens (primary N) is 1. The molecule has 1 unspecified atom stereocenters. The smallest absolute Gasteiger partial charge is 0.323 e. The minimum Gasteiger partial charge on any atom is -0.488 e. The summed E-state index contributed by atoms with van der Waals surface area (Å²) in [4.78, 5) is 11.7. The van der Waals surface area contributed by atoms with E-state index in [4.69, 9.17) is 15.2 Å². The Bertz CT molecular complexity index is 660. The van der Waals surface area contributed by atoms with Crippen LogP contribution in [0.4, 0.5) is 0 Å². The van der Waals surface area contributed by atoms with E-state index in [1.807, 2.05) is 56.3 Å². The number of carbonyl (C=O) groups is 1. The Morgan fingerprint density at radius 1 is 1.08 bits per heavy atom. The molecular formula is C20H25NO3. The summed E-state index contributed by atoms with van der Waals surface area (Å²) >= 11 is 0. The molecule has 24 heavy (non-hydrogen) atoms. The van der Waals surface area contributed by atoms with Crippen molar-refractivity contribution in [2.24, 2.45) is 5.73 Å². The standard InChI is InChI=1S/C20H25NO3/c1-4-23-20(22)18(21)12-17-10-14(2)19(15(3)11-17)24-13-16-8-6-5-7-9-16/h5-11,18H,4,12-13,21H2,1-3H3. The van der Waals surface area contributed by atoms with Crippen molar-refractivity contribution in [3.8, 4) is 5.75 Å². The zero-order valence-corrected chi connectivity index (χ0v) is 14.5. The molecule has 2 rings (SSSR count). The Labute approximate surface area is 143 Å². The van der Waals surface area contributed by atoms with Gasteiger partial charge in [0.1, 0.15) is 18.4 Å². The number of ether oxygens (including phenoxy) is 2. The summed E-state index contributed by atoms with van der Waals surface area (Å²) in [5.74, 6) is 0.518. The van der Waals surface area contributed by atoms with Gasteiger partial charge in [0.15, 0.2) is 0 Å². The molecule has 2 aromatic rings. The van der Waals surface area contributed by atoms with E-state index in [9.17, 15) is 4.79 Å². The third-order valence-electron chi connectivity index (χ3n) is 3.79. The van der Waals surface area contributed by atoms with Gasteiger partial charge in [-0.15, -0.1) is 0 Å². The van der Waals surface area contributed by atoms with Crippen LogP contribution in [0.3, 0.4) is 0 Å². The Morgan fingerprint density at radius 3 is 2.29 bits per heavy atom. The molecular weight excluding hydrogens is 302 g/mol. The number of hydrogen-bond donors (Lipinski definition) is 1. The first-order chi connectivity index (χ1) is 11.5. The molecule has 4 nitrogen and oxygen atoms in total. The predicted molar refractivity (Wildman–Crippen MR) is 95.0 cm³/mol. The van der Waals surface area contributed by atoms with Crippen LogP contribution in [0.5, 0.6) is 5.75 Å². The lowest BCUT2D eigenvalue weighted by molar-refractivity contribution is -0.144. The molecule has 2 aromatic carbocycles. The summed E-state index contributed by atoms with van der Waals surface area (Å²) in [6, 6.07) is 13.5. The van der Waals surface area contributed by atoms with Crippen LogP contribution in [0.1, 0.15) is 29.2 Å². The Balaban J connectivity index is 2.06. The van der Waals surface area contributed by atoms with E-state index >= 15 is 0 Å². The van der Waals surface area contributed by atoms with Gasteiger partial charge in [-0.3, -0.25) is 4.79 Å². The molecule has 0 radical (unpaired) electrons. The third-order valence-corrected chi connectivity index (χ3v) is 3.79. The van der Waals surface area contributed by atoms with Gasteiger partial charge in [-0.05, 0) is 49.4 Å². The lowest BCUT2D eigenvalue weighted by atomic mass is 10.0. The van der Waals surface area contributed by atoms with E-state index in [0.29, 0.717) is 19.6 Å². The number of carbonyl (C=O) groups excluding carboxylic acids is 1. The van der Waals surface area contributed by atoms with Gasteiger partial charge in [-0.1, -0.05) is 42.5 Å². The molecule has 0 bridgehead atoms. The average molecular weight is 327 g/mol. The van der Waals surface area contributed by atoms with Gasteiger partial charge in [0.2, 0.25) is 0 Å². The zero-order valence-electron chi connectivity index (χ0n) is 14.5. The largest absolute Gasteiger partial charge is 0.488 e. The highest BCUT2D eigenvalue weighted by molar-refractivity contribution is 5.75. The maximum absolute atomic E-state index is 11.7. The summed E-state index contributed by atoms with van der Waals surface area (Å²) in [6.45, 7) is 6.66. The Kier molecular flexibility index (Phi) is 6.38. The first-order valence-corrected chi connectivity index (χ1v) is 8.20. The van der Waals surface area contributed by atoms with Crippen LogP contribution in [0.25, 0.3) is 0 Å². The summed E-state index contributed by atoms with van der Waals surface area (Å²) in [5.41, 5.74) is 10.1. The van der Waals surface area contributed by atoms with Crippen molar-refractivity contribution in [3.63, 3.8) is 0 Å². The summed E-state index contributed by atoms with van der Waals surface area (Å²) in [5, 5.41) is 0. The number of benzene rings is 2.